The number of ether oxygens (including phenoxy) is 2. The molecular weight excluding hydrogens is 382 g/mol. The molecule has 0 aromatic heterocycles. The highest BCUT2D eigenvalue weighted by Crippen LogP contribution is 2.18. The quantitative estimate of drug-likeness (QED) is 0.526. The summed E-state index contributed by atoms with van der Waals surface area (Å²) in [5, 5.41) is 0. The van der Waals surface area contributed by atoms with E-state index in [4.69, 9.17) is 4.74 Å². The minimum absolute atomic E-state index is 0.0337. The number of ketones is 1. The van der Waals surface area contributed by atoms with Crippen molar-refractivity contribution in [2.24, 2.45) is 0 Å². The number of benzene rings is 2. The van der Waals surface area contributed by atoms with Crippen LogP contribution in [0.2, 0.25) is 0 Å². The van der Waals surface area contributed by atoms with Gasteiger partial charge in [-0.2, -0.15) is 8.78 Å². The number of carbonyl (C=O) groups is 2. The highest BCUT2D eigenvalue weighted by Gasteiger charge is 2.17. The zero-order valence-corrected chi connectivity index (χ0v) is 15.3. The van der Waals surface area contributed by atoms with Gasteiger partial charge in [0.05, 0.1) is 10.5 Å². The molecule has 0 bridgehead atoms. The summed E-state index contributed by atoms with van der Waals surface area (Å²) in [4.78, 5) is 24.2. The first-order chi connectivity index (χ1) is 12.6. The zero-order chi connectivity index (χ0) is 20.2. The Balaban J connectivity index is 2.06. The van der Waals surface area contributed by atoms with Crippen LogP contribution in [0.1, 0.15) is 26.3 Å². The molecule has 9 heteroatoms. The molecule has 0 aliphatic heterocycles. The molecule has 144 valence electrons. The maximum absolute atomic E-state index is 12.2. The molecule has 2 rings (SSSR count). The Morgan fingerprint density at radius 1 is 1.07 bits per heavy atom. The minimum atomic E-state index is -3.50. The third-order valence-electron chi connectivity index (χ3n) is 3.59. The maximum Gasteiger partial charge on any atom is 0.387 e. The Morgan fingerprint density at radius 2 is 1.70 bits per heavy atom. The van der Waals surface area contributed by atoms with Gasteiger partial charge < -0.3 is 9.47 Å². The van der Waals surface area contributed by atoms with Crippen LogP contribution >= 0.6 is 0 Å². The average Bonchev–Trinajstić information content (AvgIpc) is 2.59. The van der Waals surface area contributed by atoms with Crippen LogP contribution < -0.4 is 4.74 Å². The lowest BCUT2D eigenvalue weighted by atomic mass is 10.1. The molecule has 2 aromatic carbocycles. The van der Waals surface area contributed by atoms with E-state index in [0.717, 1.165) is 6.26 Å². The second kappa shape index (κ2) is 8.26. The molecule has 0 saturated carbocycles. The monoisotopic (exact) mass is 398 g/mol. The average molecular weight is 398 g/mol. The maximum atomic E-state index is 12.2. The summed E-state index contributed by atoms with van der Waals surface area (Å²) >= 11 is 0. The van der Waals surface area contributed by atoms with E-state index in [1.807, 2.05) is 0 Å². The summed E-state index contributed by atoms with van der Waals surface area (Å²) in [6.07, 6.45) is 1.01. The van der Waals surface area contributed by atoms with Crippen LogP contribution in [0.4, 0.5) is 8.78 Å². The third-order valence-corrected chi connectivity index (χ3v) is 4.70. The summed E-state index contributed by atoms with van der Waals surface area (Å²) in [6.45, 7) is -1.96. The highest BCUT2D eigenvalue weighted by atomic mass is 32.2. The number of hydrogen-bond acceptors (Lipinski definition) is 6. The van der Waals surface area contributed by atoms with Crippen molar-refractivity contribution >= 4 is 21.6 Å². The van der Waals surface area contributed by atoms with Crippen LogP contribution in [-0.4, -0.2) is 39.6 Å². The molecule has 0 radical (unpaired) electrons. The second-order valence-corrected chi connectivity index (χ2v) is 7.67. The molecule has 0 heterocycles. The van der Waals surface area contributed by atoms with Gasteiger partial charge in [0.2, 0.25) is 0 Å². The van der Waals surface area contributed by atoms with Gasteiger partial charge in [-0.3, -0.25) is 4.79 Å². The van der Waals surface area contributed by atoms with Gasteiger partial charge >= 0.3 is 12.6 Å². The largest absolute Gasteiger partial charge is 0.454 e. The van der Waals surface area contributed by atoms with Gasteiger partial charge in [-0.25, -0.2) is 13.2 Å². The summed E-state index contributed by atoms with van der Waals surface area (Å²) < 4.78 is 56.5. The molecule has 0 atom stereocenters. The lowest BCUT2D eigenvalue weighted by molar-refractivity contribution is -0.0498. The summed E-state index contributed by atoms with van der Waals surface area (Å²) in [6, 6.07) is 8.95. The fourth-order valence-corrected chi connectivity index (χ4v) is 2.81. The number of Topliss-reactive ketones (excluding diaryl/α,β-unsaturated/α-hetero) is 1. The van der Waals surface area contributed by atoms with Crippen molar-refractivity contribution in [1.82, 2.24) is 0 Å². The van der Waals surface area contributed by atoms with Crippen molar-refractivity contribution in [2.45, 2.75) is 18.4 Å². The Labute approximate surface area is 154 Å². The van der Waals surface area contributed by atoms with Crippen LogP contribution in [0.25, 0.3) is 0 Å². The SMILES string of the molecule is Cc1ccc(S(C)(=O)=O)cc1C(=O)OCC(=O)c1ccc(OC(F)F)cc1. The number of aryl methyl sites for hydroxylation is 1. The van der Waals surface area contributed by atoms with Crippen molar-refractivity contribution in [3.63, 3.8) is 0 Å². The third kappa shape index (κ3) is 5.58. The number of hydrogen-bond donors (Lipinski definition) is 0. The summed E-state index contributed by atoms with van der Waals surface area (Å²) in [5.74, 6) is -1.50. The molecule has 0 aliphatic rings. The molecule has 0 fully saturated rings. The minimum Gasteiger partial charge on any atom is -0.454 e. The Hall–Kier alpha value is -2.81. The molecule has 27 heavy (non-hydrogen) atoms. The Kier molecular flexibility index (Phi) is 6.27. The summed E-state index contributed by atoms with van der Waals surface area (Å²) in [7, 11) is -3.50. The van der Waals surface area contributed by atoms with Crippen molar-refractivity contribution in [3.05, 3.63) is 59.2 Å². The predicted molar refractivity (Wildman–Crippen MR) is 92.0 cm³/mol. The van der Waals surface area contributed by atoms with Gasteiger partial charge in [-0.15, -0.1) is 0 Å². The van der Waals surface area contributed by atoms with Crippen molar-refractivity contribution in [1.29, 1.82) is 0 Å². The Morgan fingerprint density at radius 3 is 2.26 bits per heavy atom. The van der Waals surface area contributed by atoms with Gasteiger partial charge in [0, 0.05) is 11.8 Å². The first-order valence-corrected chi connectivity index (χ1v) is 9.53. The number of alkyl halides is 2. The van der Waals surface area contributed by atoms with E-state index in [9.17, 15) is 26.8 Å². The number of rotatable bonds is 7. The lowest BCUT2D eigenvalue weighted by Gasteiger charge is -2.09. The Bertz CT molecular complexity index is 952. The first-order valence-electron chi connectivity index (χ1n) is 7.64. The smallest absolute Gasteiger partial charge is 0.387 e. The number of halogens is 2. The molecule has 2 aromatic rings. The van der Waals surface area contributed by atoms with Crippen LogP contribution in [0, 0.1) is 6.92 Å². The molecular formula is C18H16F2O6S. The van der Waals surface area contributed by atoms with Crippen molar-refractivity contribution in [3.8, 4) is 5.75 Å². The van der Waals surface area contributed by atoms with Gasteiger partial charge in [0.25, 0.3) is 0 Å². The first kappa shape index (κ1) is 20.5. The molecule has 0 amide bonds. The van der Waals surface area contributed by atoms with Crippen molar-refractivity contribution in [2.75, 3.05) is 12.9 Å². The molecule has 0 unspecified atom stereocenters. The van der Waals surface area contributed by atoms with E-state index in [0.29, 0.717) is 5.56 Å². The second-order valence-electron chi connectivity index (χ2n) is 5.65. The van der Waals surface area contributed by atoms with Gasteiger partial charge in [-0.05, 0) is 48.9 Å². The van der Waals surface area contributed by atoms with E-state index in [-0.39, 0.29) is 21.8 Å². The van der Waals surface area contributed by atoms with Crippen molar-refractivity contribution < 1.29 is 36.3 Å². The molecule has 0 spiro atoms. The van der Waals surface area contributed by atoms with Crippen LogP contribution in [-0.2, 0) is 14.6 Å². The van der Waals surface area contributed by atoms with Gasteiger partial charge in [0.15, 0.2) is 22.2 Å². The van der Waals surface area contributed by atoms with E-state index >= 15 is 0 Å². The van der Waals surface area contributed by atoms with Crippen LogP contribution in [0.5, 0.6) is 5.75 Å². The van der Waals surface area contributed by atoms with E-state index in [2.05, 4.69) is 4.74 Å². The molecule has 0 saturated heterocycles. The zero-order valence-electron chi connectivity index (χ0n) is 14.4. The topological polar surface area (TPSA) is 86.7 Å². The lowest BCUT2D eigenvalue weighted by Crippen LogP contribution is -2.15. The predicted octanol–water partition coefficient (Wildman–Crippen LogP) is 3.04. The number of esters is 1. The molecule has 6 nitrogen and oxygen atoms in total. The number of carbonyl (C=O) groups excluding carboxylic acids is 2. The van der Waals surface area contributed by atoms with Crippen LogP contribution in [0.3, 0.4) is 0 Å². The van der Waals surface area contributed by atoms with E-state index < -0.39 is 34.8 Å². The summed E-state index contributed by atoms with van der Waals surface area (Å²) in [5.41, 5.74) is 0.672. The van der Waals surface area contributed by atoms with Gasteiger partial charge in [-0.1, -0.05) is 6.07 Å². The van der Waals surface area contributed by atoms with Gasteiger partial charge in [0.1, 0.15) is 5.75 Å². The van der Waals surface area contributed by atoms with E-state index in [1.165, 1.54) is 42.5 Å². The fraction of sp³-hybridized carbons (Fsp3) is 0.222. The number of sulfone groups is 1. The fourth-order valence-electron chi connectivity index (χ4n) is 2.17. The molecule has 0 aliphatic carbocycles. The van der Waals surface area contributed by atoms with E-state index in [1.54, 1.807) is 6.92 Å². The molecule has 0 N–H and O–H groups in total. The van der Waals surface area contributed by atoms with Crippen LogP contribution in [0.15, 0.2) is 47.4 Å². The standard InChI is InChI=1S/C18H16F2O6S/c1-11-3-8-14(27(2,23)24)9-15(11)17(22)25-10-16(21)12-4-6-13(7-5-12)26-18(19)20/h3-9,18H,10H2,1-2H3. The highest BCUT2D eigenvalue weighted by molar-refractivity contribution is 7.90. The normalized spacial score (nSPS) is 11.3.